The molecule has 1 aliphatic heterocycles. The Morgan fingerprint density at radius 2 is 2.00 bits per heavy atom. The summed E-state index contributed by atoms with van der Waals surface area (Å²) < 4.78 is 5.16. The molecule has 1 heterocycles. The van der Waals surface area contributed by atoms with Crippen molar-refractivity contribution in [2.75, 3.05) is 18.1 Å². The number of anilines is 1. The maximum absolute atomic E-state index is 12.7. The number of fused-ring (bicyclic) bond motifs is 1. The van der Waals surface area contributed by atoms with Crippen molar-refractivity contribution in [3.63, 3.8) is 0 Å². The highest BCUT2D eigenvalue weighted by atomic mass is 32.2. The van der Waals surface area contributed by atoms with Gasteiger partial charge >= 0.3 is 5.97 Å². The predicted molar refractivity (Wildman–Crippen MR) is 102 cm³/mol. The summed E-state index contributed by atoms with van der Waals surface area (Å²) in [6, 6.07) is 12.6. The normalized spacial score (nSPS) is 16.5. The average Bonchev–Trinajstić information content (AvgIpc) is 2.80. The summed E-state index contributed by atoms with van der Waals surface area (Å²) in [4.78, 5) is 27.6. The molecule has 0 spiro atoms. The SMILES string of the molecule is Cc1cccc(C(=O)OCC(=O)N2CCC(C)Sc3ccccc32)c1O. The number of aryl methyl sites for hydroxylation is 1. The van der Waals surface area contributed by atoms with Crippen LogP contribution in [0.3, 0.4) is 0 Å². The van der Waals surface area contributed by atoms with Crippen molar-refractivity contribution in [1.29, 1.82) is 0 Å². The fraction of sp³-hybridized carbons (Fsp3) is 0.300. The number of phenols is 1. The third-order valence-corrected chi connectivity index (χ3v) is 5.57. The van der Waals surface area contributed by atoms with Gasteiger partial charge in [0.1, 0.15) is 11.3 Å². The molecule has 0 fully saturated rings. The Kier molecular flexibility index (Phi) is 5.52. The number of carbonyl (C=O) groups is 2. The molecule has 1 atom stereocenters. The van der Waals surface area contributed by atoms with E-state index >= 15 is 0 Å². The molecule has 5 nitrogen and oxygen atoms in total. The zero-order valence-electron chi connectivity index (χ0n) is 14.8. The van der Waals surface area contributed by atoms with Crippen molar-refractivity contribution in [3.05, 3.63) is 53.6 Å². The van der Waals surface area contributed by atoms with E-state index in [0.717, 1.165) is 17.0 Å². The van der Waals surface area contributed by atoms with Crippen LogP contribution in [0.5, 0.6) is 5.75 Å². The third-order valence-electron chi connectivity index (χ3n) is 4.33. The number of para-hydroxylation sites is 2. The second kappa shape index (κ2) is 7.83. The summed E-state index contributed by atoms with van der Waals surface area (Å²) in [6.07, 6.45) is 0.859. The van der Waals surface area contributed by atoms with E-state index in [1.165, 1.54) is 6.07 Å². The van der Waals surface area contributed by atoms with Gasteiger partial charge in [0.2, 0.25) is 0 Å². The van der Waals surface area contributed by atoms with E-state index in [0.29, 0.717) is 17.4 Å². The van der Waals surface area contributed by atoms with Crippen molar-refractivity contribution < 1.29 is 19.4 Å². The lowest BCUT2D eigenvalue weighted by atomic mass is 10.1. The molecule has 26 heavy (non-hydrogen) atoms. The number of hydrogen-bond acceptors (Lipinski definition) is 5. The predicted octanol–water partition coefficient (Wildman–Crippen LogP) is 3.77. The minimum absolute atomic E-state index is 0.0678. The van der Waals surface area contributed by atoms with Gasteiger partial charge in [-0.15, -0.1) is 11.8 Å². The molecule has 0 aromatic heterocycles. The Labute approximate surface area is 157 Å². The van der Waals surface area contributed by atoms with Gasteiger partial charge in [-0.05, 0) is 37.1 Å². The minimum atomic E-state index is -0.703. The first-order valence-corrected chi connectivity index (χ1v) is 9.37. The fourth-order valence-electron chi connectivity index (χ4n) is 2.85. The van der Waals surface area contributed by atoms with E-state index in [9.17, 15) is 14.7 Å². The number of phenolic OH excluding ortho intramolecular Hbond substituents is 1. The van der Waals surface area contributed by atoms with Crippen LogP contribution >= 0.6 is 11.8 Å². The maximum Gasteiger partial charge on any atom is 0.342 e. The van der Waals surface area contributed by atoms with E-state index in [1.807, 2.05) is 24.3 Å². The molecular formula is C20H21NO4S. The van der Waals surface area contributed by atoms with Crippen LogP contribution in [0.15, 0.2) is 47.4 Å². The number of aromatic hydroxyl groups is 1. The van der Waals surface area contributed by atoms with Crippen LogP contribution in [-0.4, -0.2) is 35.4 Å². The first kappa shape index (κ1) is 18.3. The van der Waals surface area contributed by atoms with E-state index in [-0.39, 0.29) is 23.8 Å². The quantitative estimate of drug-likeness (QED) is 0.832. The van der Waals surface area contributed by atoms with Gasteiger partial charge in [-0.2, -0.15) is 0 Å². The summed E-state index contributed by atoms with van der Waals surface area (Å²) in [5.74, 6) is -1.09. The molecule has 3 rings (SSSR count). The highest BCUT2D eigenvalue weighted by Gasteiger charge is 2.25. The minimum Gasteiger partial charge on any atom is -0.507 e. The Balaban J connectivity index is 1.72. The largest absolute Gasteiger partial charge is 0.507 e. The smallest absolute Gasteiger partial charge is 0.342 e. The Bertz CT molecular complexity index is 836. The zero-order valence-corrected chi connectivity index (χ0v) is 15.6. The van der Waals surface area contributed by atoms with E-state index < -0.39 is 5.97 Å². The van der Waals surface area contributed by atoms with Gasteiger partial charge in [0.05, 0.1) is 5.69 Å². The summed E-state index contributed by atoms with van der Waals surface area (Å²) in [5.41, 5.74) is 1.50. The van der Waals surface area contributed by atoms with Gasteiger partial charge in [-0.1, -0.05) is 31.2 Å². The maximum atomic E-state index is 12.7. The topological polar surface area (TPSA) is 66.8 Å². The van der Waals surface area contributed by atoms with Crippen molar-refractivity contribution in [1.82, 2.24) is 0 Å². The number of carbonyl (C=O) groups excluding carboxylic acids is 2. The van der Waals surface area contributed by atoms with E-state index in [1.54, 1.807) is 35.7 Å². The molecule has 0 bridgehead atoms. The van der Waals surface area contributed by atoms with E-state index in [2.05, 4.69) is 6.92 Å². The van der Waals surface area contributed by atoms with Crippen LogP contribution in [0.1, 0.15) is 29.3 Å². The van der Waals surface area contributed by atoms with Gasteiger partial charge in [0.25, 0.3) is 5.91 Å². The van der Waals surface area contributed by atoms with E-state index in [4.69, 9.17) is 4.74 Å². The number of hydrogen-bond donors (Lipinski definition) is 1. The van der Waals surface area contributed by atoms with Crippen LogP contribution in [0, 0.1) is 6.92 Å². The fourth-order valence-corrected chi connectivity index (χ4v) is 3.97. The second-order valence-electron chi connectivity index (χ2n) is 6.28. The molecular weight excluding hydrogens is 350 g/mol. The van der Waals surface area contributed by atoms with Crippen molar-refractivity contribution >= 4 is 29.3 Å². The lowest BCUT2D eigenvalue weighted by molar-refractivity contribution is -0.121. The highest BCUT2D eigenvalue weighted by Crippen LogP contribution is 2.37. The molecule has 0 saturated carbocycles. The number of amides is 1. The molecule has 136 valence electrons. The van der Waals surface area contributed by atoms with Gasteiger partial charge in [0.15, 0.2) is 6.61 Å². The van der Waals surface area contributed by atoms with Gasteiger partial charge in [-0.3, -0.25) is 4.79 Å². The number of esters is 1. The molecule has 1 unspecified atom stereocenters. The number of nitrogens with zero attached hydrogens (tertiary/aromatic N) is 1. The molecule has 0 saturated heterocycles. The number of rotatable bonds is 3. The standard InChI is InChI=1S/C20H21NO4S/c1-13-6-5-7-15(19(13)23)20(24)25-12-18(22)21-11-10-14(2)26-17-9-4-3-8-16(17)21/h3-9,14,23H,10-12H2,1-2H3. The lowest BCUT2D eigenvalue weighted by Crippen LogP contribution is -2.35. The Morgan fingerprint density at radius 1 is 1.23 bits per heavy atom. The number of benzene rings is 2. The van der Waals surface area contributed by atoms with Gasteiger partial charge in [-0.25, -0.2) is 4.79 Å². The van der Waals surface area contributed by atoms with Gasteiger partial charge < -0.3 is 14.7 Å². The lowest BCUT2D eigenvalue weighted by Gasteiger charge is -2.22. The molecule has 1 amide bonds. The number of thioether (sulfide) groups is 1. The third kappa shape index (κ3) is 3.85. The molecule has 6 heteroatoms. The molecule has 1 N–H and O–H groups in total. The number of ether oxygens (including phenoxy) is 1. The summed E-state index contributed by atoms with van der Waals surface area (Å²) >= 11 is 1.74. The zero-order chi connectivity index (χ0) is 18.7. The first-order chi connectivity index (χ1) is 12.5. The average molecular weight is 371 g/mol. The summed E-state index contributed by atoms with van der Waals surface area (Å²) in [6.45, 7) is 4.05. The van der Waals surface area contributed by atoms with Gasteiger partial charge in [0, 0.05) is 16.7 Å². The van der Waals surface area contributed by atoms with Crippen LogP contribution in [0.2, 0.25) is 0 Å². The van der Waals surface area contributed by atoms with Crippen molar-refractivity contribution in [3.8, 4) is 5.75 Å². The highest BCUT2D eigenvalue weighted by molar-refractivity contribution is 8.00. The Hall–Kier alpha value is -2.47. The first-order valence-electron chi connectivity index (χ1n) is 8.49. The molecule has 0 aliphatic carbocycles. The molecule has 2 aromatic carbocycles. The summed E-state index contributed by atoms with van der Waals surface area (Å²) in [7, 11) is 0. The van der Waals surface area contributed by atoms with Crippen molar-refractivity contribution in [2.24, 2.45) is 0 Å². The van der Waals surface area contributed by atoms with Crippen LogP contribution in [0.4, 0.5) is 5.69 Å². The van der Waals surface area contributed by atoms with Crippen LogP contribution in [0.25, 0.3) is 0 Å². The molecule has 0 radical (unpaired) electrons. The molecule has 2 aromatic rings. The monoisotopic (exact) mass is 371 g/mol. The Morgan fingerprint density at radius 3 is 2.81 bits per heavy atom. The molecule has 1 aliphatic rings. The van der Waals surface area contributed by atoms with Crippen molar-refractivity contribution in [2.45, 2.75) is 30.4 Å². The second-order valence-corrected chi connectivity index (χ2v) is 7.76. The van der Waals surface area contributed by atoms with Crippen LogP contribution < -0.4 is 4.90 Å². The van der Waals surface area contributed by atoms with Crippen LogP contribution in [-0.2, 0) is 9.53 Å². The summed E-state index contributed by atoms with van der Waals surface area (Å²) in [5, 5.41) is 10.4.